The van der Waals surface area contributed by atoms with E-state index in [1.54, 1.807) is 19.1 Å². The zero-order chi connectivity index (χ0) is 15.7. The van der Waals surface area contributed by atoms with Gasteiger partial charge < -0.3 is 19.0 Å². The molecule has 114 valence electrons. The molecule has 0 spiro atoms. The molecular weight excluding hydrogens is 284 g/mol. The van der Waals surface area contributed by atoms with E-state index in [1.807, 2.05) is 26.0 Å². The summed E-state index contributed by atoms with van der Waals surface area (Å²) >= 11 is 0. The van der Waals surface area contributed by atoms with Gasteiger partial charge in [0.15, 0.2) is 11.6 Å². The van der Waals surface area contributed by atoms with Gasteiger partial charge in [0.05, 0.1) is 6.61 Å². The molecular formula is C16H16N2O4. The Balaban J connectivity index is 1.93. The molecule has 0 aliphatic rings. The van der Waals surface area contributed by atoms with Crippen molar-refractivity contribution in [3.05, 3.63) is 41.3 Å². The van der Waals surface area contributed by atoms with Crippen LogP contribution in [-0.2, 0) is 0 Å². The molecule has 0 fully saturated rings. The van der Waals surface area contributed by atoms with E-state index in [1.165, 1.54) is 0 Å². The third kappa shape index (κ3) is 2.55. The highest BCUT2D eigenvalue weighted by molar-refractivity contribution is 6.06. The molecule has 2 heterocycles. The van der Waals surface area contributed by atoms with Crippen molar-refractivity contribution < 1.29 is 18.5 Å². The average molecular weight is 300 g/mol. The molecule has 22 heavy (non-hydrogen) atoms. The van der Waals surface area contributed by atoms with Gasteiger partial charge in [-0.15, -0.1) is 0 Å². The number of carbonyl (C=O) groups excluding carboxylic acids is 1. The fourth-order valence-electron chi connectivity index (χ4n) is 2.27. The molecule has 0 saturated heterocycles. The van der Waals surface area contributed by atoms with Crippen LogP contribution in [0.1, 0.15) is 28.8 Å². The van der Waals surface area contributed by atoms with E-state index in [0.29, 0.717) is 23.8 Å². The highest BCUT2D eigenvalue weighted by Gasteiger charge is 2.19. The number of hydrogen-bond donors (Lipinski definition) is 1. The predicted octanol–water partition coefficient (Wildman–Crippen LogP) is 3.69. The van der Waals surface area contributed by atoms with Gasteiger partial charge in [-0.05, 0) is 39.0 Å². The Bertz CT molecular complexity index is 832. The summed E-state index contributed by atoms with van der Waals surface area (Å²) in [6.07, 6.45) is 0. The standard InChI is InChI=1S/C16H16N2O4/c1-4-20-11-5-6-13-12(8-11)10(3)15(21-13)16(19)17-14-7-9(2)22-18-14/h5-8H,4H2,1-3H3,(H,17,18,19). The van der Waals surface area contributed by atoms with Crippen LogP contribution < -0.4 is 10.1 Å². The van der Waals surface area contributed by atoms with Crippen LogP contribution in [-0.4, -0.2) is 17.7 Å². The molecule has 1 N–H and O–H groups in total. The lowest BCUT2D eigenvalue weighted by atomic mass is 10.1. The van der Waals surface area contributed by atoms with E-state index in [-0.39, 0.29) is 11.7 Å². The van der Waals surface area contributed by atoms with Crippen molar-refractivity contribution >= 4 is 22.7 Å². The summed E-state index contributed by atoms with van der Waals surface area (Å²) in [5, 5.41) is 7.24. The number of carbonyl (C=O) groups is 1. The maximum atomic E-state index is 12.3. The van der Waals surface area contributed by atoms with Gasteiger partial charge >= 0.3 is 0 Å². The molecule has 6 nitrogen and oxygen atoms in total. The van der Waals surface area contributed by atoms with Crippen LogP contribution in [0.5, 0.6) is 5.75 Å². The molecule has 6 heteroatoms. The van der Waals surface area contributed by atoms with Crippen molar-refractivity contribution in [1.82, 2.24) is 5.16 Å². The number of aryl methyl sites for hydroxylation is 2. The average Bonchev–Trinajstić information content (AvgIpc) is 3.04. The molecule has 1 aromatic carbocycles. The van der Waals surface area contributed by atoms with E-state index < -0.39 is 0 Å². The Hall–Kier alpha value is -2.76. The molecule has 3 rings (SSSR count). The van der Waals surface area contributed by atoms with Crippen LogP contribution in [0.4, 0.5) is 5.82 Å². The lowest BCUT2D eigenvalue weighted by Gasteiger charge is -2.01. The number of furan rings is 1. The van der Waals surface area contributed by atoms with Crippen LogP contribution in [0.2, 0.25) is 0 Å². The van der Waals surface area contributed by atoms with Crippen molar-refractivity contribution in [3.8, 4) is 5.75 Å². The van der Waals surface area contributed by atoms with Crippen LogP contribution in [0.15, 0.2) is 33.2 Å². The maximum Gasteiger partial charge on any atom is 0.292 e. The summed E-state index contributed by atoms with van der Waals surface area (Å²) in [5.74, 6) is 1.62. The van der Waals surface area contributed by atoms with Gasteiger partial charge in [-0.3, -0.25) is 4.79 Å². The van der Waals surface area contributed by atoms with Gasteiger partial charge in [-0.2, -0.15) is 0 Å². The van der Waals surface area contributed by atoms with E-state index in [0.717, 1.165) is 16.7 Å². The number of amides is 1. The van der Waals surface area contributed by atoms with Crippen molar-refractivity contribution in [2.75, 3.05) is 11.9 Å². The van der Waals surface area contributed by atoms with Crippen LogP contribution in [0.25, 0.3) is 11.0 Å². The number of aromatic nitrogens is 1. The SMILES string of the molecule is CCOc1ccc2oc(C(=O)Nc3cc(C)on3)c(C)c2c1. The second-order valence-corrected chi connectivity index (χ2v) is 4.92. The zero-order valence-electron chi connectivity index (χ0n) is 12.6. The lowest BCUT2D eigenvalue weighted by Crippen LogP contribution is -2.12. The molecule has 0 saturated carbocycles. The first-order valence-corrected chi connectivity index (χ1v) is 6.99. The molecule has 3 aromatic rings. The fraction of sp³-hybridized carbons (Fsp3) is 0.250. The summed E-state index contributed by atoms with van der Waals surface area (Å²) < 4.78 is 16.0. The number of fused-ring (bicyclic) bond motifs is 1. The van der Waals surface area contributed by atoms with E-state index >= 15 is 0 Å². The smallest absolute Gasteiger partial charge is 0.292 e. The monoisotopic (exact) mass is 300 g/mol. The number of nitrogens with one attached hydrogen (secondary N) is 1. The topological polar surface area (TPSA) is 77.5 Å². The first-order valence-electron chi connectivity index (χ1n) is 6.99. The highest BCUT2D eigenvalue weighted by atomic mass is 16.5. The van der Waals surface area contributed by atoms with Gasteiger partial charge in [-0.25, -0.2) is 0 Å². The van der Waals surface area contributed by atoms with Gasteiger partial charge in [0.2, 0.25) is 0 Å². The fourth-order valence-corrected chi connectivity index (χ4v) is 2.27. The summed E-state index contributed by atoms with van der Waals surface area (Å²) in [7, 11) is 0. The molecule has 0 radical (unpaired) electrons. The minimum Gasteiger partial charge on any atom is -0.494 e. The second-order valence-electron chi connectivity index (χ2n) is 4.92. The first kappa shape index (κ1) is 14.2. The van der Waals surface area contributed by atoms with Crippen molar-refractivity contribution in [1.29, 1.82) is 0 Å². The predicted molar refractivity (Wildman–Crippen MR) is 81.3 cm³/mol. The highest BCUT2D eigenvalue weighted by Crippen LogP contribution is 2.29. The molecule has 0 bridgehead atoms. The molecule has 0 atom stereocenters. The van der Waals surface area contributed by atoms with Gasteiger partial charge in [0.1, 0.15) is 17.1 Å². The summed E-state index contributed by atoms with van der Waals surface area (Å²) in [4.78, 5) is 12.3. The molecule has 0 aliphatic carbocycles. The van der Waals surface area contributed by atoms with E-state index in [2.05, 4.69) is 10.5 Å². The minimum atomic E-state index is -0.361. The van der Waals surface area contributed by atoms with Crippen molar-refractivity contribution in [2.24, 2.45) is 0 Å². The number of nitrogens with zero attached hydrogens (tertiary/aromatic N) is 1. The number of ether oxygens (including phenoxy) is 1. The summed E-state index contributed by atoms with van der Waals surface area (Å²) in [6, 6.07) is 7.12. The molecule has 0 aliphatic heterocycles. The van der Waals surface area contributed by atoms with E-state index in [9.17, 15) is 4.79 Å². The third-order valence-corrected chi connectivity index (χ3v) is 3.29. The van der Waals surface area contributed by atoms with Crippen LogP contribution in [0.3, 0.4) is 0 Å². The second kappa shape index (κ2) is 5.55. The Labute approximate surface area is 127 Å². The third-order valence-electron chi connectivity index (χ3n) is 3.29. The van der Waals surface area contributed by atoms with Gasteiger partial charge in [0.25, 0.3) is 5.91 Å². The summed E-state index contributed by atoms with van der Waals surface area (Å²) in [5.41, 5.74) is 1.40. The van der Waals surface area contributed by atoms with E-state index in [4.69, 9.17) is 13.7 Å². The van der Waals surface area contributed by atoms with Gasteiger partial charge in [0, 0.05) is 17.0 Å². The number of benzene rings is 1. The summed E-state index contributed by atoms with van der Waals surface area (Å²) in [6.45, 7) is 6.10. The normalized spacial score (nSPS) is 10.9. The van der Waals surface area contributed by atoms with Crippen molar-refractivity contribution in [2.45, 2.75) is 20.8 Å². The van der Waals surface area contributed by atoms with Gasteiger partial charge in [-0.1, -0.05) is 5.16 Å². The minimum absolute atomic E-state index is 0.254. The van der Waals surface area contributed by atoms with Crippen molar-refractivity contribution in [3.63, 3.8) is 0 Å². The van der Waals surface area contributed by atoms with Crippen LogP contribution >= 0.6 is 0 Å². The maximum absolute atomic E-state index is 12.3. The largest absolute Gasteiger partial charge is 0.494 e. The number of anilines is 1. The first-order chi connectivity index (χ1) is 10.6. The Morgan fingerprint density at radius 3 is 2.82 bits per heavy atom. The number of hydrogen-bond acceptors (Lipinski definition) is 5. The molecule has 2 aromatic heterocycles. The molecule has 1 amide bonds. The Morgan fingerprint density at radius 1 is 1.32 bits per heavy atom. The Kier molecular flexibility index (Phi) is 3.58. The quantitative estimate of drug-likeness (QED) is 0.795. The Morgan fingerprint density at radius 2 is 2.14 bits per heavy atom. The molecule has 0 unspecified atom stereocenters. The number of rotatable bonds is 4. The lowest BCUT2D eigenvalue weighted by molar-refractivity contribution is 0.0997. The zero-order valence-corrected chi connectivity index (χ0v) is 12.6. The van der Waals surface area contributed by atoms with Crippen LogP contribution in [0, 0.1) is 13.8 Å².